The van der Waals surface area contributed by atoms with E-state index in [0.717, 1.165) is 12.8 Å². The summed E-state index contributed by atoms with van der Waals surface area (Å²) in [7, 11) is 0. The Kier molecular flexibility index (Phi) is 3.36. The molecule has 0 aromatic heterocycles. The van der Waals surface area contributed by atoms with Crippen LogP contribution in [0.5, 0.6) is 0 Å². The average Bonchev–Trinajstić information content (AvgIpc) is 3.00. The Hall–Kier alpha value is -1.30. The summed E-state index contributed by atoms with van der Waals surface area (Å²) in [6, 6.07) is -0.220. The maximum Gasteiger partial charge on any atom is 0.329 e. The van der Waals surface area contributed by atoms with Crippen molar-refractivity contribution in [3.8, 4) is 0 Å². The molecule has 20 heavy (non-hydrogen) atoms. The van der Waals surface area contributed by atoms with Gasteiger partial charge in [-0.25, -0.2) is 9.59 Å². The standard InChI is InChI=1S/C14H22N2O4/c1-14(12(17)18)6-2-7-16(14)13(19)15-10-5-8-20-11(10)9-3-4-9/h9-11H,2-8H2,1H3,(H,15,19)(H,17,18). The van der Waals surface area contributed by atoms with E-state index in [4.69, 9.17) is 4.74 Å². The highest BCUT2D eigenvalue weighted by Crippen LogP contribution is 2.39. The minimum absolute atomic E-state index is 0.0358. The number of hydrogen-bond donors (Lipinski definition) is 2. The lowest BCUT2D eigenvalue weighted by atomic mass is 9.99. The van der Waals surface area contributed by atoms with Crippen LogP contribution in [0.15, 0.2) is 0 Å². The summed E-state index contributed by atoms with van der Waals surface area (Å²) in [5.41, 5.74) is -1.07. The van der Waals surface area contributed by atoms with Crippen LogP contribution in [-0.4, -0.2) is 52.8 Å². The number of likely N-dealkylation sites (tertiary alicyclic amines) is 1. The van der Waals surface area contributed by atoms with Gasteiger partial charge in [0.1, 0.15) is 5.54 Å². The third kappa shape index (κ3) is 2.26. The second-order valence-electron chi connectivity index (χ2n) is 6.35. The largest absolute Gasteiger partial charge is 0.480 e. The Labute approximate surface area is 118 Å². The molecule has 2 saturated heterocycles. The van der Waals surface area contributed by atoms with Gasteiger partial charge in [0, 0.05) is 13.2 Å². The van der Waals surface area contributed by atoms with Crippen LogP contribution in [0.25, 0.3) is 0 Å². The lowest BCUT2D eigenvalue weighted by Gasteiger charge is -2.32. The van der Waals surface area contributed by atoms with E-state index in [2.05, 4.69) is 5.32 Å². The highest BCUT2D eigenvalue weighted by atomic mass is 16.5. The Morgan fingerprint density at radius 1 is 1.35 bits per heavy atom. The Morgan fingerprint density at radius 2 is 2.10 bits per heavy atom. The lowest BCUT2D eigenvalue weighted by molar-refractivity contribution is -0.147. The molecule has 112 valence electrons. The smallest absolute Gasteiger partial charge is 0.329 e. The van der Waals surface area contributed by atoms with Crippen molar-refractivity contribution in [3.05, 3.63) is 0 Å². The molecule has 3 aliphatic rings. The summed E-state index contributed by atoms with van der Waals surface area (Å²) in [6.45, 7) is 2.82. The van der Waals surface area contributed by atoms with Crippen molar-refractivity contribution in [2.75, 3.05) is 13.2 Å². The van der Waals surface area contributed by atoms with E-state index < -0.39 is 11.5 Å². The van der Waals surface area contributed by atoms with Gasteiger partial charge in [0.15, 0.2) is 0 Å². The SMILES string of the molecule is CC1(C(=O)O)CCCN1C(=O)NC1CCOC1C1CC1. The Bertz CT molecular complexity index is 423. The maximum atomic E-state index is 12.4. The summed E-state index contributed by atoms with van der Waals surface area (Å²) in [4.78, 5) is 25.3. The number of ether oxygens (including phenoxy) is 1. The van der Waals surface area contributed by atoms with Gasteiger partial charge >= 0.3 is 12.0 Å². The van der Waals surface area contributed by atoms with Crippen molar-refractivity contribution in [1.29, 1.82) is 0 Å². The van der Waals surface area contributed by atoms with Crippen LogP contribution in [0.4, 0.5) is 4.79 Å². The van der Waals surface area contributed by atoms with E-state index in [1.807, 2.05) is 0 Å². The number of carbonyl (C=O) groups is 2. The molecule has 0 radical (unpaired) electrons. The van der Waals surface area contributed by atoms with Crippen LogP contribution in [0.2, 0.25) is 0 Å². The van der Waals surface area contributed by atoms with Gasteiger partial charge < -0.3 is 20.1 Å². The van der Waals surface area contributed by atoms with Gasteiger partial charge in [-0.2, -0.15) is 0 Å². The molecule has 1 aliphatic carbocycles. The number of nitrogens with zero attached hydrogens (tertiary/aromatic N) is 1. The maximum absolute atomic E-state index is 12.4. The number of carboxylic acid groups (broad SMARTS) is 1. The zero-order valence-corrected chi connectivity index (χ0v) is 11.8. The fourth-order valence-corrected chi connectivity index (χ4v) is 3.40. The predicted molar refractivity (Wildman–Crippen MR) is 71.4 cm³/mol. The molecule has 3 atom stereocenters. The van der Waals surface area contributed by atoms with Crippen molar-refractivity contribution in [1.82, 2.24) is 10.2 Å². The molecular weight excluding hydrogens is 260 g/mol. The number of aliphatic carboxylic acids is 1. The molecule has 6 heteroatoms. The minimum Gasteiger partial charge on any atom is -0.480 e. The Morgan fingerprint density at radius 3 is 2.75 bits per heavy atom. The molecule has 2 N–H and O–H groups in total. The summed E-state index contributed by atoms with van der Waals surface area (Å²) in [5.74, 6) is -0.348. The van der Waals surface area contributed by atoms with Crippen molar-refractivity contribution < 1.29 is 19.4 Å². The van der Waals surface area contributed by atoms with Gasteiger partial charge in [0.25, 0.3) is 0 Å². The third-order valence-corrected chi connectivity index (χ3v) is 4.88. The van der Waals surface area contributed by atoms with Crippen LogP contribution >= 0.6 is 0 Å². The van der Waals surface area contributed by atoms with Gasteiger partial charge in [-0.05, 0) is 44.9 Å². The zero-order valence-electron chi connectivity index (χ0n) is 11.8. The second kappa shape index (κ2) is 4.91. The number of rotatable bonds is 3. The number of amides is 2. The number of carboxylic acids is 1. The number of urea groups is 1. The molecule has 3 fully saturated rings. The molecule has 0 spiro atoms. The molecule has 0 aromatic rings. The summed E-state index contributed by atoms with van der Waals surface area (Å²) < 4.78 is 5.70. The first-order valence-corrected chi connectivity index (χ1v) is 7.45. The van der Waals surface area contributed by atoms with Crippen LogP contribution in [-0.2, 0) is 9.53 Å². The normalized spacial score (nSPS) is 37.1. The molecule has 6 nitrogen and oxygen atoms in total. The summed E-state index contributed by atoms with van der Waals surface area (Å²) in [6.07, 6.45) is 4.55. The van der Waals surface area contributed by atoms with Gasteiger partial charge in [-0.15, -0.1) is 0 Å². The monoisotopic (exact) mass is 282 g/mol. The van der Waals surface area contributed by atoms with Crippen LogP contribution in [0, 0.1) is 5.92 Å². The topological polar surface area (TPSA) is 78.9 Å². The van der Waals surface area contributed by atoms with E-state index in [-0.39, 0.29) is 18.2 Å². The van der Waals surface area contributed by atoms with Crippen molar-refractivity contribution in [2.45, 2.75) is 56.7 Å². The van der Waals surface area contributed by atoms with E-state index in [9.17, 15) is 14.7 Å². The van der Waals surface area contributed by atoms with Crippen molar-refractivity contribution >= 4 is 12.0 Å². The van der Waals surface area contributed by atoms with Gasteiger partial charge in [-0.3, -0.25) is 0 Å². The van der Waals surface area contributed by atoms with Crippen LogP contribution < -0.4 is 5.32 Å². The number of carbonyl (C=O) groups excluding carboxylic acids is 1. The molecule has 2 aliphatic heterocycles. The van der Waals surface area contributed by atoms with E-state index in [1.165, 1.54) is 17.7 Å². The first-order valence-electron chi connectivity index (χ1n) is 7.45. The van der Waals surface area contributed by atoms with Gasteiger partial charge in [0.05, 0.1) is 12.1 Å². The fraction of sp³-hybridized carbons (Fsp3) is 0.857. The molecule has 1 saturated carbocycles. The number of hydrogen-bond acceptors (Lipinski definition) is 3. The zero-order chi connectivity index (χ0) is 14.3. The number of nitrogens with one attached hydrogen (secondary N) is 1. The first kappa shape index (κ1) is 13.7. The molecule has 0 bridgehead atoms. The molecule has 2 heterocycles. The second-order valence-corrected chi connectivity index (χ2v) is 6.35. The predicted octanol–water partition coefficient (Wildman–Crippen LogP) is 1.20. The third-order valence-electron chi connectivity index (χ3n) is 4.88. The molecule has 0 aromatic carbocycles. The molecule has 2 amide bonds. The highest BCUT2D eigenvalue weighted by molar-refractivity contribution is 5.86. The summed E-state index contributed by atoms with van der Waals surface area (Å²) in [5, 5.41) is 12.4. The first-order chi connectivity index (χ1) is 9.52. The Balaban J connectivity index is 1.65. The van der Waals surface area contributed by atoms with Crippen LogP contribution in [0.3, 0.4) is 0 Å². The van der Waals surface area contributed by atoms with E-state index in [1.54, 1.807) is 6.92 Å². The lowest BCUT2D eigenvalue weighted by Crippen LogP contribution is -2.56. The molecule has 3 rings (SSSR count). The van der Waals surface area contributed by atoms with Crippen molar-refractivity contribution in [2.24, 2.45) is 5.92 Å². The molecule has 3 unspecified atom stereocenters. The van der Waals surface area contributed by atoms with Crippen molar-refractivity contribution in [3.63, 3.8) is 0 Å². The van der Waals surface area contributed by atoms with E-state index >= 15 is 0 Å². The summed E-state index contributed by atoms with van der Waals surface area (Å²) >= 11 is 0. The van der Waals surface area contributed by atoms with Gasteiger partial charge in [-0.1, -0.05) is 0 Å². The van der Waals surface area contributed by atoms with Gasteiger partial charge in [0.2, 0.25) is 0 Å². The van der Waals surface area contributed by atoms with Crippen LogP contribution in [0.1, 0.15) is 39.0 Å². The molecular formula is C14H22N2O4. The van der Waals surface area contributed by atoms with E-state index in [0.29, 0.717) is 25.5 Å². The quantitative estimate of drug-likeness (QED) is 0.815. The fourth-order valence-electron chi connectivity index (χ4n) is 3.40. The minimum atomic E-state index is -1.07. The highest BCUT2D eigenvalue weighted by Gasteiger charge is 2.48. The average molecular weight is 282 g/mol.